The van der Waals surface area contributed by atoms with Gasteiger partial charge in [-0.05, 0) is 54.3 Å². The highest BCUT2D eigenvalue weighted by Gasteiger charge is 2.23. The summed E-state index contributed by atoms with van der Waals surface area (Å²) in [6, 6.07) is 23.3. The Balaban J connectivity index is 1.59. The second kappa shape index (κ2) is 7.93. The van der Waals surface area contributed by atoms with Crippen molar-refractivity contribution in [2.45, 2.75) is 12.8 Å². The molecule has 0 aliphatic heterocycles. The van der Waals surface area contributed by atoms with Crippen molar-refractivity contribution in [3.05, 3.63) is 100 Å². The summed E-state index contributed by atoms with van der Waals surface area (Å²) in [5.74, 6) is -0.303. The van der Waals surface area contributed by atoms with Gasteiger partial charge < -0.3 is 5.32 Å². The van der Waals surface area contributed by atoms with Gasteiger partial charge in [0.2, 0.25) is 0 Å². The number of nitrogens with one attached hydrogen (secondary N) is 2. The monoisotopic (exact) mass is 404 g/mol. The number of aryl methyl sites for hydroxylation is 1. The van der Waals surface area contributed by atoms with E-state index in [0.29, 0.717) is 34.7 Å². The standard InChI is InChI=1S/C23H20N2O3S/c26-23(18-9-2-1-3-10-18)24-21-12-6-7-13-22(21)25-29(27,28)20-15-14-17-8-4-5-11-19(17)16-20/h1-13,16,25H,14-15H2,(H,24,26). The molecule has 0 atom stereocenters. The number of rotatable bonds is 5. The maximum atomic E-state index is 13.0. The number of benzene rings is 3. The highest BCUT2D eigenvalue weighted by atomic mass is 32.2. The average Bonchev–Trinajstić information content (AvgIpc) is 2.75. The van der Waals surface area contributed by atoms with Crippen LogP contribution in [-0.4, -0.2) is 14.3 Å². The van der Waals surface area contributed by atoms with Gasteiger partial charge in [0.15, 0.2) is 0 Å². The Morgan fingerprint density at radius 1 is 0.759 bits per heavy atom. The number of carbonyl (C=O) groups excluding carboxylic acids is 1. The zero-order valence-corrected chi connectivity index (χ0v) is 16.4. The van der Waals surface area contributed by atoms with Crippen LogP contribution in [-0.2, 0) is 16.4 Å². The summed E-state index contributed by atoms with van der Waals surface area (Å²) in [6.45, 7) is 0. The number of fused-ring (bicyclic) bond motifs is 1. The fraction of sp³-hybridized carbons (Fsp3) is 0.0870. The van der Waals surface area contributed by atoms with Crippen molar-refractivity contribution in [2.24, 2.45) is 0 Å². The van der Waals surface area contributed by atoms with Gasteiger partial charge in [-0.25, -0.2) is 8.42 Å². The maximum Gasteiger partial charge on any atom is 0.258 e. The minimum Gasteiger partial charge on any atom is -0.320 e. The van der Waals surface area contributed by atoms with Gasteiger partial charge in [0, 0.05) is 5.56 Å². The fourth-order valence-corrected chi connectivity index (χ4v) is 4.55. The number of amides is 1. The molecule has 0 saturated heterocycles. The van der Waals surface area contributed by atoms with Crippen molar-refractivity contribution < 1.29 is 13.2 Å². The lowest BCUT2D eigenvalue weighted by molar-refractivity contribution is 0.102. The molecule has 0 saturated carbocycles. The first-order valence-corrected chi connectivity index (χ1v) is 10.8. The number of hydrogen-bond donors (Lipinski definition) is 2. The number of carbonyl (C=O) groups is 1. The van der Waals surface area contributed by atoms with E-state index in [1.807, 2.05) is 30.3 Å². The number of sulfonamides is 1. The van der Waals surface area contributed by atoms with Crippen molar-refractivity contribution >= 4 is 33.4 Å². The van der Waals surface area contributed by atoms with Crippen molar-refractivity contribution in [1.29, 1.82) is 0 Å². The van der Waals surface area contributed by atoms with E-state index in [1.165, 1.54) is 0 Å². The normalized spacial score (nSPS) is 13.2. The van der Waals surface area contributed by atoms with Crippen LogP contribution in [0.2, 0.25) is 0 Å². The SMILES string of the molecule is O=C(Nc1ccccc1NS(=O)(=O)C1=Cc2ccccc2CC1)c1ccccc1. The van der Waals surface area contributed by atoms with Gasteiger partial charge in [0.1, 0.15) is 0 Å². The smallest absolute Gasteiger partial charge is 0.258 e. The molecule has 4 rings (SSSR count). The number of allylic oxidation sites excluding steroid dienone is 1. The summed E-state index contributed by atoms with van der Waals surface area (Å²) in [6.07, 6.45) is 2.83. The minimum atomic E-state index is -3.74. The van der Waals surface area contributed by atoms with E-state index < -0.39 is 10.0 Å². The lowest BCUT2D eigenvalue weighted by Gasteiger charge is -2.19. The minimum absolute atomic E-state index is 0.303. The molecule has 1 aliphatic carbocycles. The first kappa shape index (κ1) is 19.0. The van der Waals surface area contributed by atoms with Gasteiger partial charge in [0.05, 0.1) is 16.3 Å². The van der Waals surface area contributed by atoms with E-state index in [4.69, 9.17) is 0 Å². The Hall–Kier alpha value is -3.38. The quantitative estimate of drug-likeness (QED) is 0.649. The first-order valence-electron chi connectivity index (χ1n) is 9.30. The van der Waals surface area contributed by atoms with Crippen molar-refractivity contribution in [3.8, 4) is 0 Å². The van der Waals surface area contributed by atoms with Gasteiger partial charge in [-0.2, -0.15) is 0 Å². The molecule has 3 aromatic rings. The molecule has 3 aromatic carbocycles. The molecule has 29 heavy (non-hydrogen) atoms. The number of para-hydroxylation sites is 2. The van der Waals surface area contributed by atoms with Crippen LogP contribution in [0.25, 0.3) is 6.08 Å². The molecule has 0 radical (unpaired) electrons. The molecule has 0 bridgehead atoms. The van der Waals surface area contributed by atoms with Crippen molar-refractivity contribution in [3.63, 3.8) is 0 Å². The molecule has 0 spiro atoms. The molecule has 146 valence electrons. The third-order valence-corrected chi connectivity index (χ3v) is 6.31. The Labute approximate surface area is 170 Å². The van der Waals surface area contributed by atoms with Gasteiger partial charge >= 0.3 is 0 Å². The number of anilines is 2. The van der Waals surface area contributed by atoms with E-state index in [9.17, 15) is 13.2 Å². The second-order valence-electron chi connectivity index (χ2n) is 6.78. The zero-order chi connectivity index (χ0) is 20.3. The summed E-state index contributed by atoms with van der Waals surface area (Å²) in [4.78, 5) is 12.8. The molecule has 5 nitrogen and oxygen atoms in total. The topological polar surface area (TPSA) is 75.3 Å². The third kappa shape index (κ3) is 4.22. The lowest BCUT2D eigenvalue weighted by atomic mass is 9.98. The van der Waals surface area contributed by atoms with Crippen LogP contribution < -0.4 is 10.0 Å². The first-order chi connectivity index (χ1) is 14.0. The highest BCUT2D eigenvalue weighted by Crippen LogP contribution is 2.30. The van der Waals surface area contributed by atoms with Gasteiger partial charge in [-0.1, -0.05) is 54.6 Å². The predicted molar refractivity (Wildman–Crippen MR) is 116 cm³/mol. The molecule has 0 fully saturated rings. The lowest BCUT2D eigenvalue weighted by Crippen LogP contribution is -2.19. The van der Waals surface area contributed by atoms with Crippen molar-refractivity contribution in [2.75, 3.05) is 10.0 Å². The van der Waals surface area contributed by atoms with Crippen LogP contribution in [0.15, 0.2) is 83.8 Å². The summed E-state index contributed by atoms with van der Waals surface area (Å²) >= 11 is 0. The van der Waals surface area contributed by atoms with Gasteiger partial charge in [-0.3, -0.25) is 9.52 Å². The maximum absolute atomic E-state index is 13.0. The molecule has 0 unspecified atom stereocenters. The second-order valence-corrected chi connectivity index (χ2v) is 8.52. The molecule has 1 amide bonds. The van der Waals surface area contributed by atoms with E-state index in [1.54, 1.807) is 54.6 Å². The summed E-state index contributed by atoms with van der Waals surface area (Å²) < 4.78 is 28.6. The zero-order valence-electron chi connectivity index (χ0n) is 15.6. The summed E-state index contributed by atoms with van der Waals surface area (Å²) in [5, 5.41) is 2.78. The Morgan fingerprint density at radius 3 is 2.21 bits per heavy atom. The largest absolute Gasteiger partial charge is 0.320 e. The van der Waals surface area contributed by atoms with E-state index in [2.05, 4.69) is 10.0 Å². The van der Waals surface area contributed by atoms with Crippen LogP contribution in [0, 0.1) is 0 Å². The van der Waals surface area contributed by atoms with Crippen LogP contribution in [0.1, 0.15) is 27.9 Å². The van der Waals surface area contributed by atoms with E-state index in [-0.39, 0.29) is 5.91 Å². The van der Waals surface area contributed by atoms with Gasteiger partial charge in [0.25, 0.3) is 15.9 Å². The van der Waals surface area contributed by atoms with Gasteiger partial charge in [-0.15, -0.1) is 0 Å². The third-order valence-electron chi connectivity index (χ3n) is 4.81. The molecular formula is C23H20N2O3S. The Morgan fingerprint density at radius 2 is 1.41 bits per heavy atom. The van der Waals surface area contributed by atoms with E-state index >= 15 is 0 Å². The summed E-state index contributed by atoms with van der Waals surface area (Å²) in [7, 11) is -3.74. The highest BCUT2D eigenvalue weighted by molar-refractivity contribution is 7.96. The van der Waals surface area contributed by atoms with Crippen LogP contribution in [0.4, 0.5) is 11.4 Å². The van der Waals surface area contributed by atoms with Crippen LogP contribution in [0.5, 0.6) is 0 Å². The molecule has 0 heterocycles. The Kier molecular flexibility index (Phi) is 5.18. The Bertz CT molecular complexity index is 1190. The van der Waals surface area contributed by atoms with Crippen LogP contribution >= 0.6 is 0 Å². The molecule has 0 aromatic heterocycles. The molecule has 6 heteroatoms. The summed E-state index contributed by atoms with van der Waals surface area (Å²) in [5.41, 5.74) is 3.29. The molecular weight excluding hydrogens is 384 g/mol. The average molecular weight is 404 g/mol. The molecule has 1 aliphatic rings. The van der Waals surface area contributed by atoms with Crippen molar-refractivity contribution in [1.82, 2.24) is 0 Å². The van der Waals surface area contributed by atoms with Crippen LogP contribution in [0.3, 0.4) is 0 Å². The number of hydrogen-bond acceptors (Lipinski definition) is 3. The van der Waals surface area contributed by atoms with E-state index in [0.717, 1.165) is 11.1 Å². The fourth-order valence-electron chi connectivity index (χ4n) is 3.29. The molecule has 2 N–H and O–H groups in total. The predicted octanol–water partition coefficient (Wildman–Crippen LogP) is 4.67.